The predicted molar refractivity (Wildman–Crippen MR) is 51.9 cm³/mol. The molecule has 0 aromatic carbocycles. The van der Waals surface area contributed by atoms with E-state index in [0.29, 0.717) is 5.82 Å². The van der Waals surface area contributed by atoms with Crippen LogP contribution in [0.25, 0.3) is 0 Å². The molecule has 0 aliphatic rings. The molecule has 0 spiro atoms. The van der Waals surface area contributed by atoms with Crippen LogP contribution < -0.4 is 10.2 Å². The minimum absolute atomic E-state index is 0.142. The van der Waals surface area contributed by atoms with Crippen LogP contribution in [-0.4, -0.2) is 50.5 Å². The Morgan fingerprint density at radius 1 is 1.13 bits per heavy atom. The molecule has 8 heteroatoms. The standard InChI is InChI=1S/C7H13N5O3/c1-5-9-6(8-2-13)11-7(10-5)12(3-14)4-15/h13-15H,2-4H2,1H3,(H,8,9,10,11). The molecule has 1 aromatic heterocycles. The van der Waals surface area contributed by atoms with Gasteiger partial charge in [0, 0.05) is 0 Å². The number of anilines is 2. The van der Waals surface area contributed by atoms with E-state index in [4.69, 9.17) is 15.3 Å². The largest absolute Gasteiger partial charge is 0.376 e. The summed E-state index contributed by atoms with van der Waals surface area (Å²) in [7, 11) is 0. The van der Waals surface area contributed by atoms with Gasteiger partial charge in [-0.3, -0.25) is 4.90 Å². The van der Waals surface area contributed by atoms with Crippen LogP contribution in [0.5, 0.6) is 0 Å². The molecule has 0 bridgehead atoms. The number of nitrogens with zero attached hydrogens (tertiary/aromatic N) is 4. The zero-order chi connectivity index (χ0) is 11.3. The summed E-state index contributed by atoms with van der Waals surface area (Å²) in [5, 5.41) is 28.9. The summed E-state index contributed by atoms with van der Waals surface area (Å²) in [6.07, 6.45) is 0. The average molecular weight is 215 g/mol. The smallest absolute Gasteiger partial charge is 0.234 e. The second-order valence-corrected chi connectivity index (χ2v) is 2.66. The molecule has 0 saturated heterocycles. The monoisotopic (exact) mass is 215 g/mol. The maximum absolute atomic E-state index is 8.89. The van der Waals surface area contributed by atoms with E-state index in [1.807, 2.05) is 0 Å². The lowest BCUT2D eigenvalue weighted by Gasteiger charge is -2.17. The van der Waals surface area contributed by atoms with Crippen molar-refractivity contribution in [3.8, 4) is 0 Å². The zero-order valence-corrected chi connectivity index (χ0v) is 8.25. The van der Waals surface area contributed by atoms with Crippen LogP contribution in [0.3, 0.4) is 0 Å². The highest BCUT2D eigenvalue weighted by atomic mass is 16.3. The molecule has 1 rings (SSSR count). The Morgan fingerprint density at radius 2 is 1.80 bits per heavy atom. The van der Waals surface area contributed by atoms with Crippen molar-refractivity contribution in [1.29, 1.82) is 0 Å². The van der Waals surface area contributed by atoms with Crippen LogP contribution in [-0.2, 0) is 0 Å². The van der Waals surface area contributed by atoms with Crippen molar-refractivity contribution < 1.29 is 15.3 Å². The third-order valence-corrected chi connectivity index (χ3v) is 1.60. The Bertz CT molecular complexity index is 317. The van der Waals surface area contributed by atoms with Crippen molar-refractivity contribution in [2.24, 2.45) is 0 Å². The minimum atomic E-state index is -0.404. The number of aryl methyl sites for hydroxylation is 1. The van der Waals surface area contributed by atoms with Crippen molar-refractivity contribution in [3.05, 3.63) is 5.82 Å². The van der Waals surface area contributed by atoms with Gasteiger partial charge in [0.05, 0.1) is 0 Å². The van der Waals surface area contributed by atoms with Crippen molar-refractivity contribution in [1.82, 2.24) is 15.0 Å². The molecule has 0 radical (unpaired) electrons. The molecule has 84 valence electrons. The van der Waals surface area contributed by atoms with Crippen LogP contribution >= 0.6 is 0 Å². The van der Waals surface area contributed by atoms with E-state index in [1.165, 1.54) is 0 Å². The topological polar surface area (TPSA) is 115 Å². The van der Waals surface area contributed by atoms with Gasteiger partial charge in [0.2, 0.25) is 11.9 Å². The molecule has 1 heterocycles. The average Bonchev–Trinajstić information content (AvgIpc) is 2.19. The van der Waals surface area contributed by atoms with E-state index in [9.17, 15) is 0 Å². The lowest BCUT2D eigenvalue weighted by Crippen LogP contribution is -2.28. The molecule has 15 heavy (non-hydrogen) atoms. The second kappa shape index (κ2) is 5.39. The molecule has 8 nitrogen and oxygen atoms in total. The highest BCUT2D eigenvalue weighted by molar-refractivity contribution is 5.35. The minimum Gasteiger partial charge on any atom is -0.376 e. The fraction of sp³-hybridized carbons (Fsp3) is 0.571. The first kappa shape index (κ1) is 11.6. The number of aromatic nitrogens is 3. The third kappa shape index (κ3) is 2.98. The molecule has 1 aromatic rings. The van der Waals surface area contributed by atoms with Crippen LogP contribution in [0.15, 0.2) is 0 Å². The molecule has 0 aliphatic heterocycles. The normalized spacial score (nSPS) is 10.1. The van der Waals surface area contributed by atoms with Gasteiger partial charge < -0.3 is 20.6 Å². The number of aliphatic hydroxyl groups is 3. The number of aliphatic hydroxyl groups excluding tert-OH is 3. The summed E-state index contributed by atoms with van der Waals surface area (Å²) in [6.45, 7) is 0.527. The van der Waals surface area contributed by atoms with E-state index in [-0.39, 0.29) is 18.6 Å². The summed E-state index contributed by atoms with van der Waals surface area (Å²) in [5.74, 6) is 0.748. The van der Waals surface area contributed by atoms with Gasteiger partial charge in [0.15, 0.2) is 0 Å². The number of rotatable bonds is 5. The lowest BCUT2D eigenvalue weighted by atomic mass is 10.6. The highest BCUT2D eigenvalue weighted by Crippen LogP contribution is 2.08. The van der Waals surface area contributed by atoms with E-state index in [2.05, 4.69) is 20.3 Å². The highest BCUT2D eigenvalue weighted by Gasteiger charge is 2.09. The van der Waals surface area contributed by atoms with Gasteiger partial charge in [0.1, 0.15) is 26.0 Å². The fourth-order valence-corrected chi connectivity index (χ4v) is 0.930. The zero-order valence-electron chi connectivity index (χ0n) is 8.25. The lowest BCUT2D eigenvalue weighted by molar-refractivity contribution is 0.220. The predicted octanol–water partition coefficient (Wildman–Crippen LogP) is -1.75. The van der Waals surface area contributed by atoms with Gasteiger partial charge in [-0.25, -0.2) is 0 Å². The van der Waals surface area contributed by atoms with Crippen LogP contribution in [0.2, 0.25) is 0 Å². The van der Waals surface area contributed by atoms with Crippen LogP contribution in [0, 0.1) is 6.92 Å². The molecule has 4 N–H and O–H groups in total. The Morgan fingerprint density at radius 3 is 2.33 bits per heavy atom. The quantitative estimate of drug-likeness (QED) is 0.427. The number of hydrogen-bond donors (Lipinski definition) is 4. The summed E-state index contributed by atoms with van der Waals surface area (Å²) in [6, 6.07) is 0. The third-order valence-electron chi connectivity index (χ3n) is 1.60. The van der Waals surface area contributed by atoms with E-state index in [1.54, 1.807) is 6.92 Å². The molecule has 0 saturated carbocycles. The van der Waals surface area contributed by atoms with Gasteiger partial charge in [-0.2, -0.15) is 15.0 Å². The van der Waals surface area contributed by atoms with Gasteiger partial charge in [-0.1, -0.05) is 0 Å². The molecule has 0 amide bonds. The van der Waals surface area contributed by atoms with E-state index in [0.717, 1.165) is 4.90 Å². The summed E-state index contributed by atoms with van der Waals surface area (Å²) in [5.41, 5.74) is 0. The molecular formula is C7H13N5O3. The number of hydrogen-bond acceptors (Lipinski definition) is 8. The van der Waals surface area contributed by atoms with Gasteiger partial charge in [-0.05, 0) is 6.92 Å². The molecule has 0 aliphatic carbocycles. The van der Waals surface area contributed by atoms with E-state index >= 15 is 0 Å². The maximum Gasteiger partial charge on any atom is 0.234 e. The van der Waals surface area contributed by atoms with Crippen molar-refractivity contribution in [2.75, 3.05) is 30.4 Å². The van der Waals surface area contributed by atoms with E-state index < -0.39 is 13.5 Å². The van der Waals surface area contributed by atoms with Crippen molar-refractivity contribution in [3.63, 3.8) is 0 Å². The SMILES string of the molecule is Cc1nc(NCO)nc(N(CO)CO)n1. The van der Waals surface area contributed by atoms with Gasteiger partial charge in [-0.15, -0.1) is 0 Å². The Hall–Kier alpha value is -1.51. The molecule has 0 atom stereocenters. The fourth-order valence-electron chi connectivity index (χ4n) is 0.930. The summed E-state index contributed by atoms with van der Waals surface area (Å²) < 4.78 is 0. The Kier molecular flexibility index (Phi) is 4.16. The molecule has 0 fully saturated rings. The van der Waals surface area contributed by atoms with Gasteiger partial charge in [0.25, 0.3) is 0 Å². The van der Waals surface area contributed by atoms with Crippen molar-refractivity contribution in [2.45, 2.75) is 6.92 Å². The van der Waals surface area contributed by atoms with Crippen LogP contribution in [0.1, 0.15) is 5.82 Å². The summed E-state index contributed by atoms with van der Waals surface area (Å²) in [4.78, 5) is 12.8. The first-order chi connectivity index (χ1) is 7.21. The van der Waals surface area contributed by atoms with Crippen molar-refractivity contribution >= 4 is 11.9 Å². The maximum atomic E-state index is 8.89. The Balaban J connectivity index is 2.96. The van der Waals surface area contributed by atoms with Crippen LogP contribution in [0.4, 0.5) is 11.9 Å². The first-order valence-corrected chi connectivity index (χ1v) is 4.25. The summed E-state index contributed by atoms with van der Waals surface area (Å²) >= 11 is 0. The first-order valence-electron chi connectivity index (χ1n) is 4.25. The molecule has 0 unspecified atom stereocenters. The van der Waals surface area contributed by atoms with Gasteiger partial charge >= 0.3 is 0 Å². The second-order valence-electron chi connectivity index (χ2n) is 2.66. The Labute approximate surface area is 86.2 Å². The molecular weight excluding hydrogens is 202 g/mol. The number of nitrogens with one attached hydrogen (secondary N) is 1.